The van der Waals surface area contributed by atoms with Gasteiger partial charge in [-0.2, -0.15) is 0 Å². The first kappa shape index (κ1) is 13.0. The Labute approximate surface area is 100 Å². The van der Waals surface area contributed by atoms with Crippen LogP contribution in [0.1, 0.15) is 0 Å². The first-order chi connectivity index (χ1) is 8.19. The highest BCUT2D eigenvalue weighted by molar-refractivity contribution is 5.66. The second kappa shape index (κ2) is 6.52. The lowest BCUT2D eigenvalue weighted by Crippen LogP contribution is -2.08. The van der Waals surface area contributed by atoms with E-state index in [9.17, 15) is 5.11 Å². The molecule has 0 fully saturated rings. The molecule has 0 heterocycles. The molecule has 2 aromatic carbocycles. The lowest BCUT2D eigenvalue weighted by Gasteiger charge is -2.02. The van der Waals surface area contributed by atoms with Gasteiger partial charge in [-0.1, -0.05) is 36.4 Å². The molecule has 0 spiro atoms. The molecule has 2 rings (SSSR count). The van der Waals surface area contributed by atoms with Crippen LogP contribution in [-0.4, -0.2) is 16.9 Å². The van der Waals surface area contributed by atoms with Crippen molar-refractivity contribution in [3.8, 4) is 22.6 Å². The fourth-order valence-corrected chi connectivity index (χ4v) is 1.33. The third-order valence-electron chi connectivity index (χ3n) is 2.08. The predicted octanol–water partition coefficient (Wildman–Crippen LogP) is 1.63. The molecule has 0 aliphatic rings. The van der Waals surface area contributed by atoms with Gasteiger partial charge >= 0.3 is 0 Å². The molecule has 0 saturated carbocycles. The Morgan fingerprint density at radius 2 is 1.35 bits per heavy atom. The van der Waals surface area contributed by atoms with Gasteiger partial charge in [-0.15, -0.1) is 0 Å². The van der Waals surface area contributed by atoms with Crippen molar-refractivity contribution >= 4 is 0 Å². The molecule has 0 aromatic heterocycles. The van der Waals surface area contributed by atoms with E-state index in [-0.39, 0.29) is 18.2 Å². The molecule has 4 nitrogen and oxygen atoms in total. The summed E-state index contributed by atoms with van der Waals surface area (Å²) >= 11 is 0. The van der Waals surface area contributed by atoms with Crippen LogP contribution in [0.5, 0.6) is 11.5 Å². The minimum absolute atomic E-state index is 0.0913. The Bertz CT molecular complexity index is 458. The van der Waals surface area contributed by atoms with E-state index in [2.05, 4.69) is 11.5 Å². The van der Waals surface area contributed by atoms with Crippen molar-refractivity contribution in [2.75, 3.05) is 6.67 Å². The third-order valence-corrected chi connectivity index (χ3v) is 2.08. The predicted molar refractivity (Wildman–Crippen MR) is 68.4 cm³/mol. The molecular weight excluding hydrogens is 216 g/mol. The Morgan fingerprint density at radius 1 is 0.765 bits per heavy atom. The van der Waals surface area contributed by atoms with Gasteiger partial charge in [0.1, 0.15) is 0 Å². The Hall–Kier alpha value is -2.04. The van der Waals surface area contributed by atoms with Crippen LogP contribution >= 0.6 is 0 Å². The normalized spacial score (nSPS) is 9.29. The monoisotopic (exact) mass is 232 g/mol. The van der Waals surface area contributed by atoms with Crippen LogP contribution in [0.25, 0.3) is 11.1 Å². The van der Waals surface area contributed by atoms with Gasteiger partial charge in [0.2, 0.25) is 0 Å². The molecule has 0 radical (unpaired) electrons. The van der Waals surface area contributed by atoms with Gasteiger partial charge in [-0.3, -0.25) is 0 Å². The van der Waals surface area contributed by atoms with Gasteiger partial charge in [0.25, 0.3) is 0 Å². The topological polar surface area (TPSA) is 92.5 Å². The largest absolute Gasteiger partial charge is 0.504 e. The first-order valence-corrected chi connectivity index (χ1v) is 5.16. The van der Waals surface area contributed by atoms with Crippen LogP contribution in [0.4, 0.5) is 0 Å². The molecule has 4 heteroatoms. The van der Waals surface area contributed by atoms with Crippen molar-refractivity contribution in [3.63, 3.8) is 0 Å². The van der Waals surface area contributed by atoms with Gasteiger partial charge < -0.3 is 21.7 Å². The van der Waals surface area contributed by atoms with Crippen molar-refractivity contribution in [2.45, 2.75) is 0 Å². The van der Waals surface area contributed by atoms with Crippen molar-refractivity contribution in [1.82, 2.24) is 0 Å². The van der Waals surface area contributed by atoms with Crippen molar-refractivity contribution in [3.05, 3.63) is 48.5 Å². The number of hydrogen-bond acceptors (Lipinski definition) is 4. The average Bonchev–Trinajstić information content (AvgIpc) is 2.35. The molecule has 0 bridgehead atoms. The molecule has 0 aliphatic carbocycles. The van der Waals surface area contributed by atoms with Crippen molar-refractivity contribution in [1.29, 1.82) is 0 Å². The highest BCUT2D eigenvalue weighted by Gasteiger charge is 2.01. The Balaban J connectivity index is 0.000000437. The first-order valence-electron chi connectivity index (χ1n) is 5.16. The van der Waals surface area contributed by atoms with Gasteiger partial charge in [-0.05, 0) is 23.3 Å². The number of aromatic hydroxyl groups is 2. The van der Waals surface area contributed by atoms with Crippen LogP contribution in [0.3, 0.4) is 0 Å². The van der Waals surface area contributed by atoms with E-state index in [4.69, 9.17) is 5.11 Å². The van der Waals surface area contributed by atoms with Gasteiger partial charge in [0, 0.05) is 6.67 Å². The number of phenols is 2. The number of nitrogens with two attached hydrogens (primary N) is 2. The Morgan fingerprint density at radius 3 is 1.88 bits per heavy atom. The highest BCUT2D eigenvalue weighted by atomic mass is 16.3. The standard InChI is InChI=1S/C12H10O2.CH6N2/c13-11-7-6-10(8-12(11)14)9-4-2-1-3-5-9;2-1-3/h1-8,13-14H;1-3H2. The SMILES string of the molecule is NCN.Oc1ccc(-c2ccccc2)cc1O. The zero-order valence-corrected chi connectivity index (χ0v) is 9.38. The summed E-state index contributed by atoms with van der Waals surface area (Å²) in [6, 6.07) is 14.5. The summed E-state index contributed by atoms with van der Waals surface area (Å²) in [5.41, 5.74) is 11.2. The van der Waals surface area contributed by atoms with Crippen LogP contribution in [-0.2, 0) is 0 Å². The van der Waals surface area contributed by atoms with Gasteiger partial charge in [-0.25, -0.2) is 0 Å². The van der Waals surface area contributed by atoms with E-state index in [1.165, 1.54) is 6.07 Å². The maximum absolute atomic E-state index is 9.31. The zero-order chi connectivity index (χ0) is 12.7. The molecule has 0 atom stereocenters. The molecule has 0 unspecified atom stereocenters. The van der Waals surface area contributed by atoms with E-state index in [0.717, 1.165) is 11.1 Å². The summed E-state index contributed by atoms with van der Waals surface area (Å²) in [6.45, 7) is 0.250. The summed E-state index contributed by atoms with van der Waals surface area (Å²) < 4.78 is 0. The summed E-state index contributed by atoms with van der Waals surface area (Å²) in [4.78, 5) is 0. The summed E-state index contributed by atoms with van der Waals surface area (Å²) in [7, 11) is 0. The maximum Gasteiger partial charge on any atom is 0.158 e. The fourth-order valence-electron chi connectivity index (χ4n) is 1.33. The number of phenolic OH excluding ortho intramolecular Hbond substituents is 2. The molecule has 17 heavy (non-hydrogen) atoms. The van der Waals surface area contributed by atoms with E-state index in [1.807, 2.05) is 30.3 Å². The van der Waals surface area contributed by atoms with E-state index >= 15 is 0 Å². The minimum atomic E-state index is -0.0929. The number of rotatable bonds is 1. The lowest BCUT2D eigenvalue weighted by atomic mass is 10.1. The molecule has 0 saturated heterocycles. The second-order valence-corrected chi connectivity index (χ2v) is 3.31. The van der Waals surface area contributed by atoms with Crippen LogP contribution in [0.2, 0.25) is 0 Å². The number of benzene rings is 2. The third kappa shape index (κ3) is 3.79. The van der Waals surface area contributed by atoms with Crippen LogP contribution in [0, 0.1) is 0 Å². The summed E-state index contributed by atoms with van der Waals surface area (Å²) in [5.74, 6) is -0.184. The fraction of sp³-hybridized carbons (Fsp3) is 0.0769. The van der Waals surface area contributed by atoms with Gasteiger partial charge in [0.05, 0.1) is 0 Å². The lowest BCUT2D eigenvalue weighted by molar-refractivity contribution is 0.404. The zero-order valence-electron chi connectivity index (χ0n) is 9.38. The smallest absolute Gasteiger partial charge is 0.158 e. The molecule has 0 aliphatic heterocycles. The average molecular weight is 232 g/mol. The second-order valence-electron chi connectivity index (χ2n) is 3.31. The van der Waals surface area contributed by atoms with Crippen LogP contribution in [0.15, 0.2) is 48.5 Å². The molecule has 90 valence electrons. The van der Waals surface area contributed by atoms with Crippen molar-refractivity contribution in [2.24, 2.45) is 11.5 Å². The molecule has 0 amide bonds. The van der Waals surface area contributed by atoms with E-state index < -0.39 is 0 Å². The van der Waals surface area contributed by atoms with Gasteiger partial charge in [0.15, 0.2) is 11.5 Å². The minimum Gasteiger partial charge on any atom is -0.504 e. The number of hydrogen-bond donors (Lipinski definition) is 4. The Kier molecular flexibility index (Phi) is 5.00. The highest BCUT2D eigenvalue weighted by Crippen LogP contribution is 2.30. The van der Waals surface area contributed by atoms with Crippen molar-refractivity contribution < 1.29 is 10.2 Å². The molecule has 2 aromatic rings. The van der Waals surface area contributed by atoms with E-state index in [1.54, 1.807) is 12.1 Å². The van der Waals surface area contributed by atoms with E-state index in [0.29, 0.717) is 0 Å². The quantitative estimate of drug-likeness (QED) is 0.444. The summed E-state index contributed by atoms with van der Waals surface area (Å²) in [5, 5.41) is 18.5. The molecular formula is C13H16N2O2. The van der Waals surface area contributed by atoms with Crippen LogP contribution < -0.4 is 11.5 Å². The summed E-state index contributed by atoms with van der Waals surface area (Å²) in [6.07, 6.45) is 0. The molecule has 6 N–H and O–H groups in total. The maximum atomic E-state index is 9.31.